The number of rotatable bonds is 4. The fraction of sp³-hybridized carbons (Fsp3) is 0.0625. The number of hydrogen-bond acceptors (Lipinski definition) is 4. The number of anilines is 1. The van der Waals surface area contributed by atoms with Crippen LogP contribution >= 0.6 is 0 Å². The Bertz CT molecular complexity index is 812. The summed E-state index contributed by atoms with van der Waals surface area (Å²) < 4.78 is 5.16. The average molecular weight is 295 g/mol. The number of fused-ring (bicyclic) bond motifs is 1. The molecule has 0 aliphatic heterocycles. The molecule has 0 radical (unpaired) electrons. The fourth-order valence-electron chi connectivity index (χ4n) is 1.99. The molecule has 6 heteroatoms. The molecule has 0 saturated heterocycles. The zero-order valence-electron chi connectivity index (χ0n) is 11.6. The van der Waals surface area contributed by atoms with Crippen LogP contribution in [-0.2, 0) is 4.79 Å². The number of carbonyl (C=O) groups excluding carboxylic acids is 2. The Morgan fingerprint density at radius 3 is 2.73 bits per heavy atom. The van der Waals surface area contributed by atoms with E-state index in [1.54, 1.807) is 42.5 Å². The molecular weight excluding hydrogens is 282 g/mol. The maximum atomic E-state index is 11.9. The van der Waals surface area contributed by atoms with Crippen LogP contribution in [0.15, 0.2) is 59.3 Å². The van der Waals surface area contributed by atoms with Gasteiger partial charge in [-0.3, -0.25) is 9.59 Å². The van der Waals surface area contributed by atoms with Gasteiger partial charge in [0.15, 0.2) is 12.0 Å². The number of hydrogen-bond donors (Lipinski definition) is 2. The zero-order chi connectivity index (χ0) is 15.4. The monoisotopic (exact) mass is 295 g/mol. The van der Waals surface area contributed by atoms with Crippen molar-refractivity contribution in [2.75, 3.05) is 11.9 Å². The molecule has 0 saturated carbocycles. The van der Waals surface area contributed by atoms with Gasteiger partial charge in [0.25, 0.3) is 5.91 Å². The smallest absolute Gasteiger partial charge is 0.251 e. The van der Waals surface area contributed by atoms with Gasteiger partial charge in [-0.05, 0) is 24.3 Å². The van der Waals surface area contributed by atoms with Crippen LogP contribution in [0.4, 0.5) is 5.69 Å². The van der Waals surface area contributed by atoms with Crippen LogP contribution in [0.2, 0.25) is 0 Å². The summed E-state index contributed by atoms with van der Waals surface area (Å²) in [5.41, 5.74) is 2.41. The second kappa shape index (κ2) is 6.09. The van der Waals surface area contributed by atoms with Gasteiger partial charge in [0, 0.05) is 17.3 Å². The van der Waals surface area contributed by atoms with E-state index in [1.165, 1.54) is 6.39 Å². The predicted molar refractivity (Wildman–Crippen MR) is 81.4 cm³/mol. The van der Waals surface area contributed by atoms with Crippen LogP contribution in [0.5, 0.6) is 0 Å². The third kappa shape index (κ3) is 3.12. The number of amides is 2. The Hall–Kier alpha value is -3.15. The lowest BCUT2D eigenvalue weighted by molar-refractivity contribution is -0.115. The number of aromatic nitrogens is 1. The van der Waals surface area contributed by atoms with Crippen molar-refractivity contribution >= 4 is 28.6 Å². The van der Waals surface area contributed by atoms with Crippen molar-refractivity contribution in [2.45, 2.75) is 0 Å². The van der Waals surface area contributed by atoms with Gasteiger partial charge in [-0.25, -0.2) is 4.98 Å². The van der Waals surface area contributed by atoms with Crippen molar-refractivity contribution in [3.05, 3.63) is 60.5 Å². The number of carbonyl (C=O) groups is 2. The predicted octanol–water partition coefficient (Wildman–Crippen LogP) is 2.20. The molecule has 6 nitrogen and oxygen atoms in total. The maximum Gasteiger partial charge on any atom is 0.251 e. The van der Waals surface area contributed by atoms with Gasteiger partial charge < -0.3 is 15.1 Å². The first kappa shape index (κ1) is 13.8. The van der Waals surface area contributed by atoms with Crippen LogP contribution in [-0.4, -0.2) is 23.3 Å². The van der Waals surface area contributed by atoms with Gasteiger partial charge in [0.1, 0.15) is 5.52 Å². The molecule has 22 heavy (non-hydrogen) atoms. The van der Waals surface area contributed by atoms with Crippen molar-refractivity contribution in [2.24, 2.45) is 0 Å². The molecule has 0 unspecified atom stereocenters. The normalized spacial score (nSPS) is 10.4. The van der Waals surface area contributed by atoms with Gasteiger partial charge in [0.2, 0.25) is 5.91 Å². The number of benzene rings is 2. The fourth-order valence-corrected chi connectivity index (χ4v) is 1.99. The average Bonchev–Trinajstić information content (AvgIpc) is 3.01. The summed E-state index contributed by atoms with van der Waals surface area (Å²) in [6.07, 6.45) is 1.34. The van der Waals surface area contributed by atoms with Crippen LogP contribution < -0.4 is 10.6 Å². The zero-order valence-corrected chi connectivity index (χ0v) is 11.6. The first-order valence-corrected chi connectivity index (χ1v) is 6.69. The summed E-state index contributed by atoms with van der Waals surface area (Å²) in [6.45, 7) is -0.109. The highest BCUT2D eigenvalue weighted by molar-refractivity contribution is 5.99. The van der Waals surface area contributed by atoms with Gasteiger partial charge in [0.05, 0.1) is 6.54 Å². The molecule has 2 aromatic carbocycles. The molecule has 0 fully saturated rings. The lowest BCUT2D eigenvalue weighted by Crippen LogP contribution is -2.32. The second-order valence-electron chi connectivity index (χ2n) is 4.63. The van der Waals surface area contributed by atoms with Crippen LogP contribution in [0.3, 0.4) is 0 Å². The van der Waals surface area contributed by atoms with E-state index in [0.29, 0.717) is 16.8 Å². The third-order valence-corrected chi connectivity index (χ3v) is 3.06. The Morgan fingerprint density at radius 2 is 1.91 bits per heavy atom. The van der Waals surface area contributed by atoms with Gasteiger partial charge in [-0.1, -0.05) is 18.2 Å². The van der Waals surface area contributed by atoms with Crippen LogP contribution in [0.25, 0.3) is 11.1 Å². The molecule has 1 aromatic heterocycles. The largest absolute Gasteiger partial charge is 0.443 e. The first-order chi connectivity index (χ1) is 10.7. The van der Waals surface area contributed by atoms with Crippen molar-refractivity contribution < 1.29 is 14.0 Å². The van der Waals surface area contributed by atoms with Gasteiger partial charge in [-0.15, -0.1) is 0 Å². The Kier molecular flexibility index (Phi) is 3.82. The van der Waals surface area contributed by atoms with E-state index in [-0.39, 0.29) is 18.4 Å². The Morgan fingerprint density at radius 1 is 1.09 bits per heavy atom. The van der Waals surface area contributed by atoms with E-state index >= 15 is 0 Å². The van der Waals surface area contributed by atoms with Gasteiger partial charge >= 0.3 is 0 Å². The molecular formula is C16H13N3O3. The lowest BCUT2D eigenvalue weighted by Gasteiger charge is -2.07. The SMILES string of the molecule is O=C(CNC(=O)c1ccccc1)Nc1ccc2ncoc2c1. The molecule has 0 aliphatic carbocycles. The molecule has 3 rings (SSSR count). The van der Waals surface area contributed by atoms with E-state index in [9.17, 15) is 9.59 Å². The first-order valence-electron chi connectivity index (χ1n) is 6.69. The van der Waals surface area contributed by atoms with Crippen molar-refractivity contribution in [1.82, 2.24) is 10.3 Å². The van der Waals surface area contributed by atoms with E-state index in [1.807, 2.05) is 6.07 Å². The Labute approximate surface area is 126 Å². The Balaban J connectivity index is 1.57. The van der Waals surface area contributed by atoms with E-state index < -0.39 is 0 Å². The molecule has 1 heterocycles. The molecule has 2 amide bonds. The van der Waals surface area contributed by atoms with Crippen LogP contribution in [0, 0.1) is 0 Å². The molecule has 0 atom stereocenters. The molecule has 3 aromatic rings. The third-order valence-electron chi connectivity index (χ3n) is 3.06. The minimum absolute atomic E-state index is 0.109. The number of oxazole rings is 1. The van der Waals surface area contributed by atoms with Crippen molar-refractivity contribution in [1.29, 1.82) is 0 Å². The summed E-state index contributed by atoms with van der Waals surface area (Å²) in [5, 5.41) is 5.25. The number of nitrogens with zero attached hydrogens (tertiary/aromatic N) is 1. The summed E-state index contributed by atoms with van der Waals surface area (Å²) in [7, 11) is 0. The number of nitrogens with one attached hydrogen (secondary N) is 2. The van der Waals surface area contributed by atoms with Crippen molar-refractivity contribution in [3.8, 4) is 0 Å². The standard InChI is InChI=1S/C16H13N3O3/c20-15(9-17-16(21)11-4-2-1-3-5-11)19-12-6-7-13-14(8-12)22-10-18-13/h1-8,10H,9H2,(H,17,21)(H,19,20). The maximum absolute atomic E-state index is 11.9. The van der Waals surface area contributed by atoms with Crippen LogP contribution in [0.1, 0.15) is 10.4 Å². The quantitative estimate of drug-likeness (QED) is 0.772. The topological polar surface area (TPSA) is 84.2 Å². The second-order valence-corrected chi connectivity index (χ2v) is 4.63. The molecule has 0 aliphatic rings. The molecule has 110 valence electrons. The highest BCUT2D eigenvalue weighted by Crippen LogP contribution is 2.17. The summed E-state index contributed by atoms with van der Waals surface area (Å²) in [6, 6.07) is 13.9. The minimum atomic E-state index is -0.317. The van der Waals surface area contributed by atoms with E-state index in [4.69, 9.17) is 4.42 Å². The molecule has 2 N–H and O–H groups in total. The molecule has 0 spiro atoms. The summed E-state index contributed by atoms with van der Waals surface area (Å²) >= 11 is 0. The summed E-state index contributed by atoms with van der Waals surface area (Å²) in [5.74, 6) is -0.607. The minimum Gasteiger partial charge on any atom is -0.443 e. The lowest BCUT2D eigenvalue weighted by atomic mass is 10.2. The highest BCUT2D eigenvalue weighted by Gasteiger charge is 2.08. The van der Waals surface area contributed by atoms with Crippen molar-refractivity contribution in [3.63, 3.8) is 0 Å². The van der Waals surface area contributed by atoms with Gasteiger partial charge in [-0.2, -0.15) is 0 Å². The summed E-state index contributed by atoms with van der Waals surface area (Å²) in [4.78, 5) is 27.7. The van der Waals surface area contributed by atoms with E-state index in [2.05, 4.69) is 15.6 Å². The molecule has 0 bridgehead atoms. The van der Waals surface area contributed by atoms with E-state index in [0.717, 1.165) is 5.52 Å². The highest BCUT2D eigenvalue weighted by atomic mass is 16.3.